The van der Waals surface area contributed by atoms with Gasteiger partial charge in [0, 0.05) is 22.8 Å². The summed E-state index contributed by atoms with van der Waals surface area (Å²) in [7, 11) is 1.29. The van der Waals surface area contributed by atoms with Crippen molar-refractivity contribution in [3.8, 4) is 0 Å². The summed E-state index contributed by atoms with van der Waals surface area (Å²) in [6, 6.07) is 5.95. The molecule has 0 aliphatic heterocycles. The highest BCUT2D eigenvalue weighted by molar-refractivity contribution is 9.10. The number of nitrogens with zero attached hydrogens (tertiary/aromatic N) is 1. The van der Waals surface area contributed by atoms with Crippen LogP contribution >= 0.6 is 15.9 Å². The van der Waals surface area contributed by atoms with Gasteiger partial charge in [0.2, 0.25) is 0 Å². The van der Waals surface area contributed by atoms with E-state index in [0.29, 0.717) is 11.1 Å². The number of rotatable bonds is 4. The minimum Gasteiger partial charge on any atom is -0.465 e. The molecule has 0 saturated carbocycles. The van der Waals surface area contributed by atoms with Crippen molar-refractivity contribution in [1.82, 2.24) is 4.98 Å². The molecule has 6 heteroatoms. The lowest BCUT2D eigenvalue weighted by molar-refractivity contribution is 0.0600. The molecule has 0 spiro atoms. The van der Waals surface area contributed by atoms with Crippen molar-refractivity contribution in [3.05, 3.63) is 58.1 Å². The Hall–Kier alpha value is -1.95. The Kier molecular flexibility index (Phi) is 4.68. The van der Waals surface area contributed by atoms with Gasteiger partial charge in [-0.3, -0.25) is 4.98 Å². The highest BCUT2D eigenvalue weighted by Gasteiger charge is 2.09. The third-order valence-electron chi connectivity index (χ3n) is 2.65. The van der Waals surface area contributed by atoms with E-state index < -0.39 is 5.97 Å². The number of pyridine rings is 1. The molecule has 2 rings (SSSR count). The molecular formula is C14H12BrFN2O2. The first-order valence-corrected chi connectivity index (χ1v) is 6.60. The van der Waals surface area contributed by atoms with Gasteiger partial charge in [0.1, 0.15) is 5.82 Å². The van der Waals surface area contributed by atoms with E-state index in [1.165, 1.54) is 25.3 Å². The average molecular weight is 339 g/mol. The minimum absolute atomic E-state index is 0.245. The SMILES string of the molecule is COC(=O)c1ccc(F)c(CNc2cncc(Br)c2)c1. The number of hydrogen-bond donors (Lipinski definition) is 1. The van der Waals surface area contributed by atoms with E-state index in [2.05, 4.69) is 31.0 Å². The number of halogens is 2. The lowest BCUT2D eigenvalue weighted by Gasteiger charge is -2.09. The van der Waals surface area contributed by atoms with Crippen molar-refractivity contribution in [1.29, 1.82) is 0 Å². The van der Waals surface area contributed by atoms with Gasteiger partial charge in [0.25, 0.3) is 0 Å². The zero-order valence-electron chi connectivity index (χ0n) is 10.7. The van der Waals surface area contributed by atoms with Crippen LogP contribution in [-0.4, -0.2) is 18.1 Å². The summed E-state index contributed by atoms with van der Waals surface area (Å²) < 4.78 is 19.1. The molecule has 1 aromatic carbocycles. The second kappa shape index (κ2) is 6.47. The summed E-state index contributed by atoms with van der Waals surface area (Å²) in [5, 5.41) is 3.04. The third kappa shape index (κ3) is 3.54. The van der Waals surface area contributed by atoms with Crippen LogP contribution in [0.5, 0.6) is 0 Å². The maximum atomic E-state index is 13.7. The van der Waals surface area contributed by atoms with Gasteiger partial charge in [-0.2, -0.15) is 0 Å². The second-order valence-electron chi connectivity index (χ2n) is 4.04. The molecule has 1 aromatic heterocycles. The molecule has 1 N–H and O–H groups in total. The van der Waals surface area contributed by atoms with Crippen molar-refractivity contribution in [2.24, 2.45) is 0 Å². The van der Waals surface area contributed by atoms with Crippen molar-refractivity contribution in [2.75, 3.05) is 12.4 Å². The van der Waals surface area contributed by atoms with E-state index in [0.717, 1.165) is 10.2 Å². The molecule has 0 saturated heterocycles. The lowest BCUT2D eigenvalue weighted by atomic mass is 10.1. The van der Waals surface area contributed by atoms with Crippen molar-refractivity contribution < 1.29 is 13.9 Å². The van der Waals surface area contributed by atoms with Gasteiger partial charge in [-0.05, 0) is 40.2 Å². The molecule has 0 fully saturated rings. The van der Waals surface area contributed by atoms with Gasteiger partial charge in [0.15, 0.2) is 0 Å². The van der Waals surface area contributed by atoms with Crippen LogP contribution in [0.15, 0.2) is 41.1 Å². The Balaban J connectivity index is 2.14. The van der Waals surface area contributed by atoms with Gasteiger partial charge >= 0.3 is 5.97 Å². The van der Waals surface area contributed by atoms with Crippen LogP contribution in [0.3, 0.4) is 0 Å². The summed E-state index contributed by atoms with van der Waals surface area (Å²) in [6.45, 7) is 0.245. The Labute approximate surface area is 124 Å². The van der Waals surface area contributed by atoms with Crippen LogP contribution < -0.4 is 5.32 Å². The van der Waals surface area contributed by atoms with E-state index in [4.69, 9.17) is 0 Å². The van der Waals surface area contributed by atoms with Gasteiger partial charge in [-0.25, -0.2) is 9.18 Å². The average Bonchev–Trinajstić information content (AvgIpc) is 2.45. The van der Waals surface area contributed by atoms with Gasteiger partial charge in [-0.1, -0.05) is 0 Å². The molecule has 0 aliphatic carbocycles. The molecule has 0 atom stereocenters. The first-order valence-electron chi connectivity index (χ1n) is 5.81. The number of nitrogens with one attached hydrogen (secondary N) is 1. The standard InChI is InChI=1S/C14H12BrFN2O2/c1-20-14(19)9-2-3-13(16)10(4-9)6-18-12-5-11(15)7-17-8-12/h2-5,7-8,18H,6H2,1H3. The number of methoxy groups -OCH3 is 1. The number of aromatic nitrogens is 1. The molecule has 1 heterocycles. The summed E-state index contributed by atoms with van der Waals surface area (Å²) in [5.41, 5.74) is 1.45. The zero-order chi connectivity index (χ0) is 14.5. The van der Waals surface area contributed by atoms with Crippen LogP contribution in [0, 0.1) is 5.82 Å². The third-order valence-corrected chi connectivity index (χ3v) is 3.09. The Morgan fingerprint density at radius 1 is 1.40 bits per heavy atom. The Bertz CT molecular complexity index is 634. The number of esters is 1. The van der Waals surface area contributed by atoms with Gasteiger partial charge in [-0.15, -0.1) is 0 Å². The minimum atomic E-state index is -0.490. The topological polar surface area (TPSA) is 51.2 Å². The summed E-state index contributed by atoms with van der Waals surface area (Å²) in [4.78, 5) is 15.4. The maximum Gasteiger partial charge on any atom is 0.337 e. The highest BCUT2D eigenvalue weighted by atomic mass is 79.9. The molecule has 0 aliphatic rings. The summed E-state index contributed by atoms with van der Waals surface area (Å²) >= 11 is 3.31. The fraction of sp³-hybridized carbons (Fsp3) is 0.143. The number of ether oxygens (including phenoxy) is 1. The van der Waals surface area contributed by atoms with Crippen LogP contribution in [0.25, 0.3) is 0 Å². The van der Waals surface area contributed by atoms with E-state index >= 15 is 0 Å². The number of carbonyl (C=O) groups is 1. The van der Waals surface area contributed by atoms with E-state index in [9.17, 15) is 9.18 Å². The second-order valence-corrected chi connectivity index (χ2v) is 4.96. The van der Waals surface area contributed by atoms with Gasteiger partial charge < -0.3 is 10.1 Å². The maximum absolute atomic E-state index is 13.7. The van der Waals surface area contributed by atoms with E-state index in [1.807, 2.05) is 6.07 Å². The largest absolute Gasteiger partial charge is 0.465 e. The molecule has 0 amide bonds. The van der Waals surface area contributed by atoms with Crippen LogP contribution in [0.2, 0.25) is 0 Å². The molecule has 0 unspecified atom stereocenters. The van der Waals surface area contributed by atoms with Crippen molar-refractivity contribution >= 4 is 27.6 Å². The molecule has 0 bridgehead atoms. The van der Waals surface area contributed by atoms with E-state index in [-0.39, 0.29) is 12.4 Å². The normalized spacial score (nSPS) is 10.2. The quantitative estimate of drug-likeness (QED) is 0.868. The fourth-order valence-electron chi connectivity index (χ4n) is 1.66. The fourth-order valence-corrected chi connectivity index (χ4v) is 2.03. The molecular weight excluding hydrogens is 327 g/mol. The number of anilines is 1. The van der Waals surface area contributed by atoms with Crippen LogP contribution in [-0.2, 0) is 11.3 Å². The highest BCUT2D eigenvalue weighted by Crippen LogP contribution is 2.17. The van der Waals surface area contributed by atoms with Crippen molar-refractivity contribution in [3.63, 3.8) is 0 Å². The van der Waals surface area contributed by atoms with Crippen LogP contribution in [0.4, 0.5) is 10.1 Å². The number of hydrogen-bond acceptors (Lipinski definition) is 4. The predicted molar refractivity (Wildman–Crippen MR) is 77.0 cm³/mol. The Morgan fingerprint density at radius 3 is 2.90 bits per heavy atom. The molecule has 20 heavy (non-hydrogen) atoms. The lowest BCUT2D eigenvalue weighted by Crippen LogP contribution is -2.06. The van der Waals surface area contributed by atoms with Crippen molar-refractivity contribution in [2.45, 2.75) is 6.54 Å². The van der Waals surface area contributed by atoms with E-state index in [1.54, 1.807) is 12.4 Å². The summed E-state index contributed by atoms with van der Waals surface area (Å²) in [5.74, 6) is -0.872. The molecule has 0 radical (unpaired) electrons. The first kappa shape index (κ1) is 14.5. The predicted octanol–water partition coefficient (Wildman–Crippen LogP) is 3.38. The monoisotopic (exact) mass is 338 g/mol. The molecule has 4 nitrogen and oxygen atoms in total. The molecule has 2 aromatic rings. The first-order chi connectivity index (χ1) is 9.60. The smallest absolute Gasteiger partial charge is 0.337 e. The molecule has 104 valence electrons. The number of benzene rings is 1. The summed E-state index contributed by atoms with van der Waals surface area (Å²) in [6.07, 6.45) is 3.29. The van der Waals surface area contributed by atoms with Gasteiger partial charge in [0.05, 0.1) is 24.6 Å². The van der Waals surface area contributed by atoms with Crippen LogP contribution in [0.1, 0.15) is 15.9 Å². The Morgan fingerprint density at radius 2 is 2.20 bits per heavy atom. The number of carbonyl (C=O) groups excluding carboxylic acids is 1. The zero-order valence-corrected chi connectivity index (χ0v) is 12.3.